The Morgan fingerprint density at radius 1 is 0.516 bits per heavy atom. The molecule has 0 heterocycles. The number of rotatable bonds is 17. The molecule has 0 aromatic rings. The van der Waals surface area contributed by atoms with Gasteiger partial charge in [-0.15, -0.1) is 0 Å². The fourth-order valence-corrected chi connectivity index (χ4v) is 2.09. The van der Waals surface area contributed by atoms with Crippen molar-refractivity contribution >= 4 is 17.9 Å². The molecule has 31 heavy (non-hydrogen) atoms. The summed E-state index contributed by atoms with van der Waals surface area (Å²) in [5.74, 6) is -2.19. The lowest BCUT2D eigenvalue weighted by molar-refractivity contribution is -0.138. The summed E-state index contributed by atoms with van der Waals surface area (Å²) in [7, 11) is 0. The van der Waals surface area contributed by atoms with E-state index in [-0.39, 0.29) is 12.8 Å². The predicted octanol–water partition coefficient (Wildman–Crippen LogP) is 1.87. The number of aliphatic carboxylic acids is 3. The van der Waals surface area contributed by atoms with Gasteiger partial charge >= 0.3 is 17.9 Å². The highest BCUT2D eigenvalue weighted by Crippen LogP contribution is 2.12. The van der Waals surface area contributed by atoms with Crippen LogP contribution in [0.4, 0.5) is 0 Å². The van der Waals surface area contributed by atoms with Crippen molar-refractivity contribution in [1.82, 2.24) is 0 Å². The summed E-state index contributed by atoms with van der Waals surface area (Å²) < 4.78 is 0. The molecule has 0 unspecified atom stereocenters. The van der Waals surface area contributed by atoms with Gasteiger partial charge in [0.1, 0.15) is 0 Å². The van der Waals surface area contributed by atoms with E-state index in [2.05, 4.69) is 6.92 Å². The van der Waals surface area contributed by atoms with Crippen molar-refractivity contribution < 1.29 is 50.1 Å². The second-order valence-electron chi connectivity index (χ2n) is 7.39. The summed E-state index contributed by atoms with van der Waals surface area (Å²) >= 11 is 0. The zero-order valence-electron chi connectivity index (χ0n) is 18.7. The normalized spacial score (nSPS) is 10.4. The van der Waals surface area contributed by atoms with Crippen molar-refractivity contribution in [2.75, 3.05) is 26.4 Å². The van der Waals surface area contributed by atoms with E-state index >= 15 is 0 Å². The van der Waals surface area contributed by atoms with Crippen LogP contribution in [0.2, 0.25) is 0 Å². The Morgan fingerprint density at radius 2 is 0.774 bits per heavy atom. The number of hydrogen-bond donors (Lipinski definition) is 7. The molecule has 0 aliphatic heterocycles. The van der Waals surface area contributed by atoms with Crippen LogP contribution in [0.15, 0.2) is 0 Å². The smallest absolute Gasteiger partial charge is 0.303 e. The van der Waals surface area contributed by atoms with E-state index in [0.717, 1.165) is 38.5 Å². The van der Waals surface area contributed by atoms with Crippen LogP contribution < -0.4 is 0 Å². The largest absolute Gasteiger partial charge is 0.481 e. The summed E-state index contributed by atoms with van der Waals surface area (Å²) in [6.07, 6.45) is 9.08. The van der Waals surface area contributed by atoms with Crippen LogP contribution in [0.25, 0.3) is 0 Å². The Labute approximate surface area is 184 Å². The van der Waals surface area contributed by atoms with Crippen LogP contribution in [0.5, 0.6) is 0 Å². The molecule has 0 aromatic heterocycles. The highest BCUT2D eigenvalue weighted by Gasteiger charge is 2.26. The van der Waals surface area contributed by atoms with Crippen molar-refractivity contribution in [2.24, 2.45) is 5.41 Å². The molecule has 7 N–H and O–H groups in total. The second kappa shape index (κ2) is 24.5. The molecule has 0 aromatic carbocycles. The third-order valence-electron chi connectivity index (χ3n) is 4.37. The molecule has 0 radical (unpaired) electrons. The molecule has 0 atom stereocenters. The number of aliphatic hydroxyl groups excluding tert-OH is 4. The van der Waals surface area contributed by atoms with Crippen molar-refractivity contribution in [2.45, 2.75) is 84.0 Å². The fraction of sp³-hybridized carbons (Fsp3) is 0.857. The van der Waals surface area contributed by atoms with Crippen LogP contribution in [-0.2, 0) is 14.4 Å². The first-order chi connectivity index (χ1) is 14.6. The van der Waals surface area contributed by atoms with Gasteiger partial charge in [0.2, 0.25) is 0 Å². The number of aliphatic hydroxyl groups is 4. The molecule has 0 saturated carbocycles. The van der Waals surface area contributed by atoms with Gasteiger partial charge in [-0.25, -0.2) is 0 Å². The van der Waals surface area contributed by atoms with Crippen molar-refractivity contribution in [3.63, 3.8) is 0 Å². The molecule has 0 aliphatic rings. The van der Waals surface area contributed by atoms with Gasteiger partial charge in [0, 0.05) is 19.3 Å². The molecule has 0 aliphatic carbocycles. The Balaban J connectivity index is -0.000000390. The number of carboxylic acid groups (broad SMARTS) is 3. The predicted molar refractivity (Wildman–Crippen MR) is 115 cm³/mol. The molecule has 0 rings (SSSR count). The average Bonchev–Trinajstić information content (AvgIpc) is 2.73. The van der Waals surface area contributed by atoms with Crippen LogP contribution in [-0.4, -0.2) is 80.1 Å². The van der Waals surface area contributed by atoms with Gasteiger partial charge in [0.15, 0.2) is 0 Å². The molecule has 0 fully saturated rings. The molecular formula is C21H42O10. The second-order valence-corrected chi connectivity index (χ2v) is 7.39. The molecule has 186 valence electrons. The Bertz CT molecular complexity index is 400. The summed E-state index contributed by atoms with van der Waals surface area (Å²) in [5.41, 5.74) is -1.11. The molecule has 10 heteroatoms. The van der Waals surface area contributed by atoms with E-state index in [1.54, 1.807) is 0 Å². The van der Waals surface area contributed by atoms with E-state index in [9.17, 15) is 14.4 Å². The maximum atomic E-state index is 10.1. The summed E-state index contributed by atoms with van der Waals surface area (Å²) in [5, 5.41) is 58.8. The minimum atomic E-state index is -1.11. The molecule has 10 nitrogen and oxygen atoms in total. The molecule has 0 spiro atoms. The monoisotopic (exact) mass is 454 g/mol. The van der Waals surface area contributed by atoms with Crippen molar-refractivity contribution in [1.29, 1.82) is 0 Å². The van der Waals surface area contributed by atoms with E-state index in [0.29, 0.717) is 19.3 Å². The Hall–Kier alpha value is -1.75. The van der Waals surface area contributed by atoms with E-state index < -0.39 is 49.8 Å². The van der Waals surface area contributed by atoms with E-state index in [4.69, 9.17) is 35.7 Å². The lowest BCUT2D eigenvalue weighted by Crippen LogP contribution is -2.37. The van der Waals surface area contributed by atoms with E-state index in [1.165, 1.54) is 6.42 Å². The van der Waals surface area contributed by atoms with Gasteiger partial charge in [0.25, 0.3) is 0 Å². The zero-order valence-corrected chi connectivity index (χ0v) is 18.7. The number of hydrogen-bond acceptors (Lipinski definition) is 7. The third-order valence-corrected chi connectivity index (χ3v) is 4.37. The van der Waals surface area contributed by atoms with Crippen LogP contribution in [0.3, 0.4) is 0 Å². The zero-order chi connectivity index (χ0) is 24.5. The highest BCUT2D eigenvalue weighted by atomic mass is 16.4. The van der Waals surface area contributed by atoms with Gasteiger partial charge < -0.3 is 35.7 Å². The van der Waals surface area contributed by atoms with Crippen molar-refractivity contribution in [3.05, 3.63) is 0 Å². The minimum absolute atomic E-state index is 0.221. The Kier molecular flexibility index (Phi) is 26.8. The Morgan fingerprint density at radius 3 is 0.968 bits per heavy atom. The summed E-state index contributed by atoms with van der Waals surface area (Å²) in [4.78, 5) is 30.2. The number of carbonyl (C=O) groups is 3. The lowest BCUT2D eigenvalue weighted by atomic mass is 9.93. The van der Waals surface area contributed by atoms with Gasteiger partial charge in [0.05, 0.1) is 31.8 Å². The molecule has 0 amide bonds. The van der Waals surface area contributed by atoms with E-state index in [1.807, 2.05) is 0 Å². The topological polar surface area (TPSA) is 193 Å². The van der Waals surface area contributed by atoms with Gasteiger partial charge in [-0.3, -0.25) is 14.4 Å². The first-order valence-corrected chi connectivity index (χ1v) is 10.7. The fourth-order valence-electron chi connectivity index (χ4n) is 2.09. The quantitative estimate of drug-likeness (QED) is 0.159. The average molecular weight is 455 g/mol. The standard InChI is InChI=1S/C9H16O4.C7H14O2.C5H12O4/c10-8(11)6-4-2-1-3-5-7-9(12)13;1-2-3-4-5-6-7(8)9;6-1-5(2-7,3-8)4-9/h1-7H2,(H,10,11)(H,12,13);2-6H2,1H3,(H,8,9);6-9H,1-4H2. The minimum Gasteiger partial charge on any atom is -0.481 e. The lowest BCUT2D eigenvalue weighted by Gasteiger charge is -2.23. The van der Waals surface area contributed by atoms with Crippen LogP contribution in [0, 0.1) is 5.41 Å². The maximum Gasteiger partial charge on any atom is 0.303 e. The summed E-state index contributed by atoms with van der Waals surface area (Å²) in [6.45, 7) is 0.487. The third kappa shape index (κ3) is 28.2. The van der Waals surface area contributed by atoms with Gasteiger partial charge in [-0.1, -0.05) is 45.4 Å². The number of unbranched alkanes of at least 4 members (excludes halogenated alkanes) is 7. The maximum absolute atomic E-state index is 10.1. The van der Waals surface area contributed by atoms with Gasteiger partial charge in [-0.2, -0.15) is 0 Å². The molecule has 0 bridgehead atoms. The SMILES string of the molecule is CCCCCCC(=O)O.O=C(O)CCCCCCCC(=O)O.OCC(CO)(CO)CO. The highest BCUT2D eigenvalue weighted by molar-refractivity contribution is 5.67. The van der Waals surface area contributed by atoms with Gasteiger partial charge in [-0.05, 0) is 19.3 Å². The van der Waals surface area contributed by atoms with Crippen molar-refractivity contribution in [3.8, 4) is 0 Å². The van der Waals surface area contributed by atoms with Crippen LogP contribution in [0.1, 0.15) is 84.0 Å². The first-order valence-electron chi connectivity index (χ1n) is 10.7. The molecular weight excluding hydrogens is 412 g/mol. The summed E-state index contributed by atoms with van der Waals surface area (Å²) in [6, 6.07) is 0. The van der Waals surface area contributed by atoms with Crippen LogP contribution >= 0.6 is 0 Å². The molecule has 0 saturated heterocycles. The first kappa shape index (κ1) is 33.9. The number of carboxylic acids is 3.